The third-order valence-electron chi connectivity index (χ3n) is 2.71. The largest absolute Gasteiger partial charge is 0.322 e. The van der Waals surface area contributed by atoms with Gasteiger partial charge >= 0.3 is 0 Å². The predicted molar refractivity (Wildman–Crippen MR) is 62.8 cm³/mol. The Morgan fingerprint density at radius 2 is 2.06 bits per heavy atom. The van der Waals surface area contributed by atoms with E-state index < -0.39 is 0 Å². The average Bonchev–Trinajstić information content (AvgIpc) is 2.72. The number of nitrogens with zero attached hydrogens (tertiary/aromatic N) is 5. The molecule has 1 unspecified atom stereocenters. The van der Waals surface area contributed by atoms with Crippen LogP contribution in [0, 0.1) is 0 Å². The highest BCUT2D eigenvalue weighted by molar-refractivity contribution is 4.87. The van der Waals surface area contributed by atoms with Crippen molar-refractivity contribution in [1.82, 2.24) is 25.1 Å². The summed E-state index contributed by atoms with van der Waals surface area (Å²) >= 11 is 0. The Hall–Kier alpha value is -1.01. The summed E-state index contributed by atoms with van der Waals surface area (Å²) in [5, 5.41) is 11.5. The van der Waals surface area contributed by atoms with Crippen LogP contribution in [0.5, 0.6) is 0 Å². The maximum atomic E-state index is 5.77. The summed E-state index contributed by atoms with van der Waals surface area (Å²) < 4.78 is 1.80. The molecule has 6 nitrogen and oxygen atoms in total. The van der Waals surface area contributed by atoms with Gasteiger partial charge in [0.15, 0.2) is 5.82 Å². The van der Waals surface area contributed by atoms with Gasteiger partial charge in [0, 0.05) is 6.54 Å². The minimum atomic E-state index is -0.108. The Kier molecular flexibility index (Phi) is 5.34. The molecule has 6 heteroatoms. The molecule has 0 aliphatic carbocycles. The van der Waals surface area contributed by atoms with Crippen LogP contribution in [0.25, 0.3) is 0 Å². The van der Waals surface area contributed by atoms with Crippen LogP contribution in [0.1, 0.15) is 39.1 Å². The quantitative estimate of drug-likeness (QED) is 0.729. The van der Waals surface area contributed by atoms with Gasteiger partial charge in [0.05, 0.1) is 6.04 Å². The summed E-state index contributed by atoms with van der Waals surface area (Å²) in [6.45, 7) is 10.3. The summed E-state index contributed by atoms with van der Waals surface area (Å²) in [5.41, 5.74) is 5.77. The molecule has 0 spiro atoms. The van der Waals surface area contributed by atoms with Crippen molar-refractivity contribution in [3.8, 4) is 0 Å². The second-order valence-electron chi connectivity index (χ2n) is 3.93. The van der Waals surface area contributed by atoms with Crippen LogP contribution >= 0.6 is 0 Å². The van der Waals surface area contributed by atoms with Gasteiger partial charge in [0.25, 0.3) is 0 Å². The van der Waals surface area contributed by atoms with E-state index in [1.165, 1.54) is 0 Å². The van der Waals surface area contributed by atoms with Crippen molar-refractivity contribution in [2.75, 3.05) is 19.6 Å². The zero-order valence-corrected chi connectivity index (χ0v) is 10.4. The summed E-state index contributed by atoms with van der Waals surface area (Å²) in [6.07, 6.45) is 1.05. The Balaban J connectivity index is 2.39. The van der Waals surface area contributed by atoms with E-state index >= 15 is 0 Å². The third kappa shape index (κ3) is 3.53. The number of aryl methyl sites for hydroxylation is 1. The maximum Gasteiger partial charge on any atom is 0.167 e. The van der Waals surface area contributed by atoms with Crippen LogP contribution in [0.4, 0.5) is 0 Å². The minimum absolute atomic E-state index is 0.108. The number of rotatable bonds is 7. The molecule has 1 aromatic rings. The molecular formula is C10H22N6. The van der Waals surface area contributed by atoms with Crippen molar-refractivity contribution in [3.63, 3.8) is 0 Å². The first-order valence-corrected chi connectivity index (χ1v) is 5.93. The molecule has 0 saturated carbocycles. The van der Waals surface area contributed by atoms with E-state index in [4.69, 9.17) is 5.73 Å². The van der Waals surface area contributed by atoms with Crippen molar-refractivity contribution < 1.29 is 0 Å². The molecule has 0 saturated heterocycles. The maximum absolute atomic E-state index is 5.77. The Morgan fingerprint density at radius 1 is 1.38 bits per heavy atom. The number of hydrogen-bond donors (Lipinski definition) is 1. The lowest BCUT2D eigenvalue weighted by Gasteiger charge is -2.17. The molecule has 16 heavy (non-hydrogen) atoms. The van der Waals surface area contributed by atoms with Crippen molar-refractivity contribution in [3.05, 3.63) is 5.82 Å². The monoisotopic (exact) mass is 226 g/mol. The molecule has 2 N–H and O–H groups in total. The van der Waals surface area contributed by atoms with Crippen LogP contribution in [0.15, 0.2) is 0 Å². The first-order chi connectivity index (χ1) is 7.69. The topological polar surface area (TPSA) is 72.9 Å². The van der Waals surface area contributed by atoms with Crippen LogP contribution < -0.4 is 5.73 Å². The molecule has 1 rings (SSSR count). The molecule has 1 atom stereocenters. The highest BCUT2D eigenvalue weighted by Crippen LogP contribution is 2.04. The fourth-order valence-electron chi connectivity index (χ4n) is 1.68. The van der Waals surface area contributed by atoms with E-state index in [0.717, 1.165) is 38.4 Å². The third-order valence-corrected chi connectivity index (χ3v) is 2.71. The smallest absolute Gasteiger partial charge is 0.167 e. The van der Waals surface area contributed by atoms with Crippen LogP contribution in [0.2, 0.25) is 0 Å². The fraction of sp³-hybridized carbons (Fsp3) is 0.900. The van der Waals surface area contributed by atoms with Crippen molar-refractivity contribution in [2.45, 2.75) is 39.8 Å². The van der Waals surface area contributed by atoms with Gasteiger partial charge in [0.2, 0.25) is 0 Å². The molecule has 92 valence electrons. The molecule has 0 aromatic carbocycles. The van der Waals surface area contributed by atoms with Crippen LogP contribution in [-0.4, -0.2) is 44.7 Å². The first kappa shape index (κ1) is 13.1. The van der Waals surface area contributed by atoms with E-state index in [0.29, 0.717) is 0 Å². The highest BCUT2D eigenvalue weighted by atomic mass is 15.5. The van der Waals surface area contributed by atoms with E-state index in [1.807, 2.05) is 6.92 Å². The molecule has 0 amide bonds. The molecule has 1 heterocycles. The molecule has 0 bridgehead atoms. The molecule has 0 aliphatic rings. The lowest BCUT2D eigenvalue weighted by Crippen LogP contribution is -2.25. The molecule has 0 fully saturated rings. The average molecular weight is 226 g/mol. The van der Waals surface area contributed by atoms with E-state index in [9.17, 15) is 0 Å². The van der Waals surface area contributed by atoms with Gasteiger partial charge in [-0.1, -0.05) is 13.8 Å². The molecule has 0 radical (unpaired) electrons. The standard InChI is InChI=1S/C10H22N6/c1-4-15(5-2)7-6-8-16-10(9(3)11)12-13-14-16/h9H,4-8,11H2,1-3H3. The Labute approximate surface area is 96.8 Å². The lowest BCUT2D eigenvalue weighted by atomic mass is 10.3. The second kappa shape index (κ2) is 6.55. The highest BCUT2D eigenvalue weighted by Gasteiger charge is 2.10. The normalized spacial score (nSPS) is 13.3. The summed E-state index contributed by atoms with van der Waals surface area (Å²) in [4.78, 5) is 2.38. The zero-order chi connectivity index (χ0) is 12.0. The number of nitrogens with two attached hydrogens (primary N) is 1. The second-order valence-corrected chi connectivity index (χ2v) is 3.93. The van der Waals surface area contributed by atoms with E-state index in [1.54, 1.807) is 4.68 Å². The summed E-state index contributed by atoms with van der Waals surface area (Å²) in [6, 6.07) is -0.108. The lowest BCUT2D eigenvalue weighted by molar-refractivity contribution is 0.289. The zero-order valence-electron chi connectivity index (χ0n) is 10.4. The van der Waals surface area contributed by atoms with Gasteiger partial charge in [-0.3, -0.25) is 0 Å². The van der Waals surface area contributed by atoms with Crippen molar-refractivity contribution in [2.24, 2.45) is 5.73 Å². The van der Waals surface area contributed by atoms with Crippen LogP contribution in [-0.2, 0) is 6.54 Å². The minimum Gasteiger partial charge on any atom is -0.322 e. The summed E-state index contributed by atoms with van der Waals surface area (Å²) in [7, 11) is 0. The predicted octanol–water partition coefficient (Wildman–Crippen LogP) is 0.425. The first-order valence-electron chi connectivity index (χ1n) is 5.93. The van der Waals surface area contributed by atoms with Gasteiger partial charge in [-0.05, 0) is 43.4 Å². The van der Waals surface area contributed by atoms with Gasteiger partial charge in [-0.15, -0.1) is 5.10 Å². The molecular weight excluding hydrogens is 204 g/mol. The van der Waals surface area contributed by atoms with E-state index in [2.05, 4.69) is 34.3 Å². The van der Waals surface area contributed by atoms with Gasteiger partial charge in [-0.2, -0.15) is 0 Å². The van der Waals surface area contributed by atoms with Gasteiger partial charge in [-0.25, -0.2) is 4.68 Å². The van der Waals surface area contributed by atoms with Crippen molar-refractivity contribution >= 4 is 0 Å². The van der Waals surface area contributed by atoms with Crippen LogP contribution in [0.3, 0.4) is 0 Å². The number of hydrogen-bond acceptors (Lipinski definition) is 5. The number of aromatic nitrogens is 4. The molecule has 0 aliphatic heterocycles. The molecule has 1 aromatic heterocycles. The van der Waals surface area contributed by atoms with Gasteiger partial charge < -0.3 is 10.6 Å². The SMILES string of the molecule is CCN(CC)CCCn1nnnc1C(C)N. The number of tetrazole rings is 1. The van der Waals surface area contributed by atoms with Crippen molar-refractivity contribution in [1.29, 1.82) is 0 Å². The fourth-order valence-corrected chi connectivity index (χ4v) is 1.68. The Morgan fingerprint density at radius 3 is 2.62 bits per heavy atom. The van der Waals surface area contributed by atoms with Gasteiger partial charge in [0.1, 0.15) is 0 Å². The van der Waals surface area contributed by atoms with E-state index in [-0.39, 0.29) is 6.04 Å². The Bertz CT molecular complexity index is 291. The summed E-state index contributed by atoms with van der Waals surface area (Å²) in [5.74, 6) is 0.763.